The molecule has 0 unspecified atom stereocenters. The molecule has 0 bridgehead atoms. The first-order valence-corrected chi connectivity index (χ1v) is 8.74. The summed E-state index contributed by atoms with van der Waals surface area (Å²) in [5.74, 6) is 0.994. The zero-order chi connectivity index (χ0) is 18.1. The van der Waals surface area contributed by atoms with E-state index in [1.54, 1.807) is 18.2 Å². The fraction of sp³-hybridized carbons (Fsp3) is 0.421. The molecule has 25 heavy (non-hydrogen) atoms. The Morgan fingerprint density at radius 3 is 2.60 bits per heavy atom. The summed E-state index contributed by atoms with van der Waals surface area (Å²) in [6, 6.07) is 10.8. The van der Waals surface area contributed by atoms with Gasteiger partial charge in [-0.15, -0.1) is 10.2 Å². The van der Waals surface area contributed by atoms with Crippen LogP contribution < -0.4 is 15.4 Å². The molecule has 0 saturated carbocycles. The van der Waals surface area contributed by atoms with Crippen LogP contribution in [0.2, 0.25) is 0 Å². The molecule has 2 aromatic rings. The van der Waals surface area contributed by atoms with Gasteiger partial charge >= 0.3 is 0 Å². The maximum absolute atomic E-state index is 12.4. The summed E-state index contributed by atoms with van der Waals surface area (Å²) >= 11 is 0. The van der Waals surface area contributed by atoms with Gasteiger partial charge in [-0.05, 0) is 44.5 Å². The standard InChI is InChI=1S/C19H26N4O2/c1-4-5-8-13-20-18-12-11-16(22-23-18)19(24)21-15-9-6-7-10-17(15)25-14(2)3/h6-7,9-12,14H,4-5,8,13H2,1-3H3,(H,20,23)(H,21,24). The second-order valence-electron chi connectivity index (χ2n) is 6.05. The molecule has 1 aromatic carbocycles. The first-order valence-electron chi connectivity index (χ1n) is 8.74. The quantitative estimate of drug-likeness (QED) is 0.671. The van der Waals surface area contributed by atoms with Crippen LogP contribution in [-0.2, 0) is 0 Å². The first-order chi connectivity index (χ1) is 12.1. The minimum absolute atomic E-state index is 0.0240. The van der Waals surface area contributed by atoms with Gasteiger partial charge in [0.2, 0.25) is 0 Å². The van der Waals surface area contributed by atoms with Crippen molar-refractivity contribution in [1.29, 1.82) is 0 Å². The molecule has 0 spiro atoms. The number of nitrogens with zero attached hydrogens (tertiary/aromatic N) is 2. The number of amides is 1. The lowest BCUT2D eigenvalue weighted by Crippen LogP contribution is -2.16. The average molecular weight is 342 g/mol. The van der Waals surface area contributed by atoms with E-state index >= 15 is 0 Å². The number of unbranched alkanes of at least 4 members (excludes halogenated alkanes) is 2. The minimum atomic E-state index is -0.315. The third-order valence-electron chi connectivity index (χ3n) is 3.48. The van der Waals surface area contributed by atoms with Crippen molar-refractivity contribution in [3.8, 4) is 5.75 Å². The number of aromatic nitrogens is 2. The second kappa shape index (κ2) is 9.61. The van der Waals surface area contributed by atoms with Crippen molar-refractivity contribution in [1.82, 2.24) is 10.2 Å². The van der Waals surface area contributed by atoms with Crippen molar-refractivity contribution in [2.24, 2.45) is 0 Å². The molecule has 0 aliphatic carbocycles. The Morgan fingerprint density at radius 1 is 1.12 bits per heavy atom. The number of hydrogen-bond donors (Lipinski definition) is 2. The van der Waals surface area contributed by atoms with Crippen LogP contribution >= 0.6 is 0 Å². The maximum atomic E-state index is 12.4. The van der Waals surface area contributed by atoms with Crippen molar-refractivity contribution in [2.75, 3.05) is 17.2 Å². The summed E-state index contributed by atoms with van der Waals surface area (Å²) in [6.45, 7) is 6.90. The zero-order valence-corrected chi connectivity index (χ0v) is 15.1. The highest BCUT2D eigenvalue weighted by Crippen LogP contribution is 2.25. The number of ether oxygens (including phenoxy) is 1. The highest BCUT2D eigenvalue weighted by atomic mass is 16.5. The number of carbonyl (C=O) groups excluding carboxylic acids is 1. The number of anilines is 2. The summed E-state index contributed by atoms with van der Waals surface area (Å²) in [5, 5.41) is 14.1. The largest absolute Gasteiger partial charge is 0.489 e. The molecule has 0 atom stereocenters. The van der Waals surface area contributed by atoms with Crippen LogP contribution in [-0.4, -0.2) is 28.8 Å². The van der Waals surface area contributed by atoms with Crippen LogP contribution in [0, 0.1) is 0 Å². The van der Waals surface area contributed by atoms with E-state index in [1.165, 1.54) is 12.8 Å². The first kappa shape index (κ1) is 18.7. The molecule has 2 rings (SSSR count). The van der Waals surface area contributed by atoms with Crippen LogP contribution in [0.15, 0.2) is 36.4 Å². The van der Waals surface area contributed by atoms with Gasteiger partial charge in [0.15, 0.2) is 5.69 Å². The van der Waals surface area contributed by atoms with Gasteiger partial charge in [-0.25, -0.2) is 0 Å². The molecule has 0 radical (unpaired) electrons. The molecular formula is C19H26N4O2. The van der Waals surface area contributed by atoms with Crippen molar-refractivity contribution in [3.63, 3.8) is 0 Å². The topological polar surface area (TPSA) is 76.1 Å². The van der Waals surface area contributed by atoms with E-state index in [9.17, 15) is 4.79 Å². The highest BCUT2D eigenvalue weighted by Gasteiger charge is 2.12. The summed E-state index contributed by atoms with van der Waals surface area (Å²) in [4.78, 5) is 12.4. The number of para-hydroxylation sites is 2. The van der Waals surface area contributed by atoms with Gasteiger partial charge < -0.3 is 15.4 Å². The van der Waals surface area contributed by atoms with Gasteiger partial charge in [0.25, 0.3) is 5.91 Å². The predicted molar refractivity (Wildman–Crippen MR) is 100 cm³/mol. The van der Waals surface area contributed by atoms with Crippen LogP contribution in [0.4, 0.5) is 11.5 Å². The lowest BCUT2D eigenvalue weighted by Gasteiger charge is -2.14. The van der Waals surface area contributed by atoms with E-state index in [0.29, 0.717) is 17.3 Å². The SMILES string of the molecule is CCCCCNc1ccc(C(=O)Nc2ccccc2OC(C)C)nn1. The van der Waals surface area contributed by atoms with E-state index in [0.717, 1.165) is 13.0 Å². The normalized spacial score (nSPS) is 10.6. The highest BCUT2D eigenvalue weighted by molar-refractivity contribution is 6.03. The molecule has 0 saturated heterocycles. The molecular weight excluding hydrogens is 316 g/mol. The van der Waals surface area contributed by atoms with Crippen molar-refractivity contribution in [3.05, 3.63) is 42.1 Å². The Balaban J connectivity index is 1.97. The molecule has 6 heteroatoms. The summed E-state index contributed by atoms with van der Waals surface area (Å²) in [5.41, 5.74) is 0.878. The molecule has 1 aromatic heterocycles. The van der Waals surface area contributed by atoms with E-state index in [2.05, 4.69) is 27.8 Å². The average Bonchev–Trinajstić information content (AvgIpc) is 2.60. The van der Waals surface area contributed by atoms with Gasteiger partial charge in [0.1, 0.15) is 11.6 Å². The van der Waals surface area contributed by atoms with E-state index in [-0.39, 0.29) is 17.7 Å². The molecule has 0 aliphatic heterocycles. The van der Waals surface area contributed by atoms with E-state index in [4.69, 9.17) is 4.74 Å². The van der Waals surface area contributed by atoms with Crippen molar-refractivity contribution >= 4 is 17.4 Å². The summed E-state index contributed by atoms with van der Waals surface area (Å²) < 4.78 is 5.70. The van der Waals surface area contributed by atoms with Crippen LogP contribution in [0.25, 0.3) is 0 Å². The van der Waals surface area contributed by atoms with Crippen LogP contribution in [0.5, 0.6) is 5.75 Å². The predicted octanol–water partition coefficient (Wildman–Crippen LogP) is 4.12. The Hall–Kier alpha value is -2.63. The van der Waals surface area contributed by atoms with E-state index in [1.807, 2.05) is 32.0 Å². The third kappa shape index (κ3) is 6.06. The van der Waals surface area contributed by atoms with Gasteiger partial charge in [0, 0.05) is 6.54 Å². The lowest BCUT2D eigenvalue weighted by atomic mass is 10.2. The maximum Gasteiger partial charge on any atom is 0.276 e. The molecule has 134 valence electrons. The van der Waals surface area contributed by atoms with E-state index < -0.39 is 0 Å². The zero-order valence-electron chi connectivity index (χ0n) is 15.1. The molecule has 1 amide bonds. The summed E-state index contributed by atoms with van der Waals surface area (Å²) in [6.07, 6.45) is 3.47. The fourth-order valence-corrected chi connectivity index (χ4v) is 2.25. The monoisotopic (exact) mass is 342 g/mol. The molecule has 1 heterocycles. The van der Waals surface area contributed by atoms with Gasteiger partial charge in [-0.3, -0.25) is 4.79 Å². The Morgan fingerprint density at radius 2 is 1.92 bits per heavy atom. The molecule has 0 fully saturated rings. The Labute approximate surface area is 149 Å². The molecule has 0 aliphatic rings. The molecule has 2 N–H and O–H groups in total. The van der Waals surface area contributed by atoms with Gasteiger partial charge in [0.05, 0.1) is 11.8 Å². The van der Waals surface area contributed by atoms with Crippen molar-refractivity contribution in [2.45, 2.75) is 46.1 Å². The van der Waals surface area contributed by atoms with Gasteiger partial charge in [-0.2, -0.15) is 0 Å². The minimum Gasteiger partial charge on any atom is -0.489 e. The fourth-order valence-electron chi connectivity index (χ4n) is 2.25. The van der Waals surface area contributed by atoms with Gasteiger partial charge in [-0.1, -0.05) is 31.9 Å². The lowest BCUT2D eigenvalue weighted by molar-refractivity contribution is 0.102. The summed E-state index contributed by atoms with van der Waals surface area (Å²) in [7, 11) is 0. The van der Waals surface area contributed by atoms with Crippen molar-refractivity contribution < 1.29 is 9.53 Å². The molecule has 6 nitrogen and oxygen atoms in total. The number of rotatable bonds is 9. The Bertz CT molecular complexity index is 671. The third-order valence-corrected chi connectivity index (χ3v) is 3.48. The number of nitrogens with one attached hydrogen (secondary N) is 2. The Kier molecular flexibility index (Phi) is 7.19. The number of carbonyl (C=O) groups is 1. The number of benzene rings is 1. The smallest absolute Gasteiger partial charge is 0.276 e. The van der Waals surface area contributed by atoms with Crippen LogP contribution in [0.1, 0.15) is 50.5 Å². The number of hydrogen-bond acceptors (Lipinski definition) is 5. The van der Waals surface area contributed by atoms with Crippen LogP contribution in [0.3, 0.4) is 0 Å². The second-order valence-corrected chi connectivity index (χ2v) is 6.05.